The Balaban J connectivity index is 2.61. The fraction of sp³-hybridized carbons (Fsp3) is 0.231. The number of thiophene rings is 1. The van der Waals surface area contributed by atoms with Crippen LogP contribution in [0, 0.1) is 0 Å². The third kappa shape index (κ3) is 2.42. The van der Waals surface area contributed by atoms with Crippen molar-refractivity contribution in [3.05, 3.63) is 47.1 Å². The summed E-state index contributed by atoms with van der Waals surface area (Å²) in [5.41, 5.74) is -0.0000813. The summed E-state index contributed by atoms with van der Waals surface area (Å²) in [6, 6.07) is 1.82. The van der Waals surface area contributed by atoms with E-state index in [1.54, 1.807) is 10.6 Å². The average Bonchev–Trinajstić information content (AvgIpc) is 2.82. The Labute approximate surface area is 114 Å². The van der Waals surface area contributed by atoms with Crippen LogP contribution in [0.5, 0.6) is 0 Å². The van der Waals surface area contributed by atoms with Crippen LogP contribution < -0.4 is 5.56 Å². The summed E-state index contributed by atoms with van der Waals surface area (Å²) in [4.78, 5) is 17.7. The smallest absolute Gasteiger partial charge is 0.263 e. The van der Waals surface area contributed by atoms with Crippen molar-refractivity contribution in [1.29, 1.82) is 0 Å². The highest BCUT2D eigenvalue weighted by molar-refractivity contribution is 7.99. The molecule has 2 rings (SSSR count). The molecule has 1 unspecified atom stereocenters. The van der Waals surface area contributed by atoms with Crippen LogP contribution in [0.2, 0.25) is 0 Å². The first-order valence-corrected chi connectivity index (χ1v) is 7.31. The molecule has 2 aromatic rings. The molecule has 0 bridgehead atoms. The number of rotatable bonds is 5. The van der Waals surface area contributed by atoms with E-state index in [1.807, 2.05) is 24.4 Å². The standard InChI is InChI=1S/C13H14N2OS2/c1-4-7-15-12(16)10-6-8-17-11(10)14-13(15)18-9(3)5-2/h4-6,8-9H,1-2,7H2,3H3. The lowest BCUT2D eigenvalue weighted by atomic mass is 10.4. The summed E-state index contributed by atoms with van der Waals surface area (Å²) in [5.74, 6) is 0. The van der Waals surface area contributed by atoms with Crippen LogP contribution in [0.4, 0.5) is 0 Å². The summed E-state index contributed by atoms with van der Waals surface area (Å²) in [6.07, 6.45) is 3.55. The van der Waals surface area contributed by atoms with Gasteiger partial charge in [0.25, 0.3) is 5.56 Å². The van der Waals surface area contributed by atoms with Crippen LogP contribution >= 0.6 is 23.1 Å². The third-order valence-corrected chi connectivity index (χ3v) is 4.38. The number of nitrogens with zero attached hydrogens (tertiary/aromatic N) is 2. The summed E-state index contributed by atoms with van der Waals surface area (Å²) in [7, 11) is 0. The maximum atomic E-state index is 12.3. The van der Waals surface area contributed by atoms with Crippen molar-refractivity contribution < 1.29 is 0 Å². The molecule has 2 aromatic heterocycles. The second-order valence-electron chi connectivity index (χ2n) is 3.80. The van der Waals surface area contributed by atoms with Gasteiger partial charge in [-0.05, 0) is 18.4 Å². The lowest BCUT2D eigenvalue weighted by molar-refractivity contribution is 0.672. The molecule has 0 saturated carbocycles. The zero-order valence-electron chi connectivity index (χ0n) is 10.1. The lowest BCUT2D eigenvalue weighted by Gasteiger charge is -2.11. The first kappa shape index (κ1) is 13.1. The summed E-state index contributed by atoms with van der Waals surface area (Å²) >= 11 is 3.02. The summed E-state index contributed by atoms with van der Waals surface area (Å²) in [5, 5.41) is 3.51. The maximum Gasteiger partial charge on any atom is 0.263 e. The van der Waals surface area contributed by atoms with Gasteiger partial charge in [0.15, 0.2) is 5.16 Å². The maximum absolute atomic E-state index is 12.3. The van der Waals surface area contributed by atoms with Gasteiger partial charge in [-0.25, -0.2) is 4.98 Å². The van der Waals surface area contributed by atoms with Gasteiger partial charge in [0.2, 0.25) is 0 Å². The molecule has 0 radical (unpaired) electrons. The van der Waals surface area contributed by atoms with E-state index < -0.39 is 0 Å². The van der Waals surface area contributed by atoms with Gasteiger partial charge in [0.1, 0.15) is 4.83 Å². The van der Waals surface area contributed by atoms with E-state index in [2.05, 4.69) is 18.1 Å². The number of fused-ring (bicyclic) bond motifs is 1. The van der Waals surface area contributed by atoms with Gasteiger partial charge >= 0.3 is 0 Å². The molecule has 0 aromatic carbocycles. The molecule has 0 aliphatic carbocycles. The molecule has 3 nitrogen and oxygen atoms in total. The molecule has 0 fully saturated rings. The number of hydrogen-bond acceptors (Lipinski definition) is 4. The summed E-state index contributed by atoms with van der Waals surface area (Å²) in [6.45, 7) is 9.95. The molecule has 0 amide bonds. The highest BCUT2D eigenvalue weighted by Crippen LogP contribution is 2.24. The largest absolute Gasteiger partial charge is 0.283 e. The van der Waals surface area contributed by atoms with Crippen LogP contribution in [0.3, 0.4) is 0 Å². The molecule has 0 saturated heterocycles. The van der Waals surface area contributed by atoms with E-state index in [-0.39, 0.29) is 10.8 Å². The second kappa shape index (κ2) is 5.54. The average molecular weight is 278 g/mol. The first-order valence-electron chi connectivity index (χ1n) is 5.55. The third-order valence-electron chi connectivity index (χ3n) is 2.48. The van der Waals surface area contributed by atoms with Gasteiger partial charge in [0.05, 0.1) is 5.39 Å². The minimum Gasteiger partial charge on any atom is -0.283 e. The van der Waals surface area contributed by atoms with Crippen LogP contribution in [0.25, 0.3) is 10.2 Å². The van der Waals surface area contributed by atoms with Gasteiger partial charge in [-0.15, -0.1) is 24.5 Å². The van der Waals surface area contributed by atoms with Crippen molar-refractivity contribution in [1.82, 2.24) is 9.55 Å². The first-order chi connectivity index (χ1) is 8.67. The molecule has 0 aliphatic heterocycles. The molecular weight excluding hydrogens is 264 g/mol. The monoisotopic (exact) mass is 278 g/mol. The zero-order chi connectivity index (χ0) is 13.1. The zero-order valence-corrected chi connectivity index (χ0v) is 11.8. The minimum absolute atomic E-state index is 0.0000813. The number of hydrogen-bond donors (Lipinski definition) is 0. The Morgan fingerprint density at radius 1 is 1.61 bits per heavy atom. The van der Waals surface area contributed by atoms with E-state index in [1.165, 1.54) is 23.1 Å². The molecule has 18 heavy (non-hydrogen) atoms. The van der Waals surface area contributed by atoms with E-state index in [0.717, 1.165) is 9.99 Å². The van der Waals surface area contributed by atoms with Gasteiger partial charge in [0, 0.05) is 11.8 Å². The highest BCUT2D eigenvalue weighted by atomic mass is 32.2. The summed E-state index contributed by atoms with van der Waals surface area (Å²) < 4.78 is 1.66. The van der Waals surface area contributed by atoms with Crippen molar-refractivity contribution in [3.63, 3.8) is 0 Å². The topological polar surface area (TPSA) is 34.9 Å². The lowest BCUT2D eigenvalue weighted by Crippen LogP contribution is -2.22. The van der Waals surface area contributed by atoms with Crippen molar-refractivity contribution in [3.8, 4) is 0 Å². The SMILES string of the molecule is C=CCn1c(SC(C)C=C)nc2sccc2c1=O. The molecule has 94 valence electrons. The van der Waals surface area contributed by atoms with Crippen molar-refractivity contribution >= 4 is 33.3 Å². The normalized spacial score (nSPS) is 12.5. The second-order valence-corrected chi connectivity index (χ2v) is 6.04. The van der Waals surface area contributed by atoms with Gasteiger partial charge in [-0.1, -0.05) is 23.9 Å². The minimum atomic E-state index is -0.0000813. The fourth-order valence-corrected chi connectivity index (χ4v) is 3.19. The number of thioether (sulfide) groups is 1. The molecular formula is C13H14N2OS2. The van der Waals surface area contributed by atoms with Crippen LogP contribution in [0.1, 0.15) is 6.92 Å². The van der Waals surface area contributed by atoms with Gasteiger partial charge in [-0.3, -0.25) is 9.36 Å². The van der Waals surface area contributed by atoms with Crippen LogP contribution in [-0.4, -0.2) is 14.8 Å². The molecule has 0 N–H and O–H groups in total. The van der Waals surface area contributed by atoms with E-state index in [4.69, 9.17) is 0 Å². The Kier molecular flexibility index (Phi) is 4.04. The van der Waals surface area contributed by atoms with Crippen LogP contribution in [-0.2, 0) is 6.54 Å². The van der Waals surface area contributed by atoms with E-state index >= 15 is 0 Å². The molecule has 0 spiro atoms. The van der Waals surface area contributed by atoms with E-state index in [0.29, 0.717) is 11.9 Å². The fourth-order valence-electron chi connectivity index (χ4n) is 1.52. The molecule has 5 heteroatoms. The van der Waals surface area contributed by atoms with Gasteiger partial charge in [-0.2, -0.15) is 0 Å². The van der Waals surface area contributed by atoms with Crippen molar-refractivity contribution in [2.24, 2.45) is 0 Å². The number of allylic oxidation sites excluding steroid dienone is 1. The van der Waals surface area contributed by atoms with Crippen molar-refractivity contribution in [2.45, 2.75) is 23.9 Å². The Morgan fingerprint density at radius 2 is 2.39 bits per heavy atom. The predicted molar refractivity (Wildman–Crippen MR) is 79.6 cm³/mol. The molecule has 2 heterocycles. The Bertz CT molecular complexity index is 642. The quantitative estimate of drug-likeness (QED) is 0.478. The number of aromatic nitrogens is 2. The highest BCUT2D eigenvalue weighted by Gasteiger charge is 2.13. The van der Waals surface area contributed by atoms with Gasteiger partial charge < -0.3 is 0 Å². The molecule has 0 aliphatic rings. The Hall–Kier alpha value is -1.33. The van der Waals surface area contributed by atoms with Crippen LogP contribution in [0.15, 0.2) is 46.7 Å². The predicted octanol–water partition coefficient (Wildman–Crippen LogP) is 3.31. The molecule has 1 atom stereocenters. The van der Waals surface area contributed by atoms with Crippen molar-refractivity contribution in [2.75, 3.05) is 0 Å². The van der Waals surface area contributed by atoms with E-state index in [9.17, 15) is 4.79 Å². The Morgan fingerprint density at radius 3 is 3.06 bits per heavy atom.